The fourth-order valence-electron chi connectivity index (χ4n) is 2.86. The third kappa shape index (κ3) is 4.27. The first-order valence-corrected chi connectivity index (χ1v) is 9.65. The Morgan fingerprint density at radius 2 is 1.37 bits per heavy atom. The predicted octanol–water partition coefficient (Wildman–Crippen LogP) is 6.70. The van der Waals surface area contributed by atoms with Crippen LogP contribution in [0.25, 0.3) is 0 Å². The maximum atomic E-state index is 13.3. The van der Waals surface area contributed by atoms with Gasteiger partial charge in [0.25, 0.3) is 5.91 Å². The van der Waals surface area contributed by atoms with E-state index in [0.29, 0.717) is 32.2 Å². The van der Waals surface area contributed by atoms with Crippen molar-refractivity contribution >= 4 is 52.3 Å². The third-order valence-corrected chi connectivity index (χ3v) is 5.67. The number of rotatable bonds is 4. The molecular weight excluding hydrogens is 426 g/mol. The van der Waals surface area contributed by atoms with Crippen molar-refractivity contribution in [1.29, 1.82) is 0 Å². The molecule has 1 heterocycles. The fraction of sp³-hybridized carbons (Fsp3) is 0.150. The predicted molar refractivity (Wildman–Crippen MR) is 113 cm³/mol. The van der Waals surface area contributed by atoms with Crippen molar-refractivity contribution in [3.05, 3.63) is 91.1 Å². The molecule has 0 spiro atoms. The van der Waals surface area contributed by atoms with E-state index in [2.05, 4.69) is 0 Å². The summed E-state index contributed by atoms with van der Waals surface area (Å²) in [4.78, 5) is 13.3. The molecule has 3 nitrogen and oxygen atoms in total. The summed E-state index contributed by atoms with van der Waals surface area (Å²) in [5, 5.41) is 3.28. The second kappa shape index (κ2) is 8.15. The molecule has 3 rings (SSSR count). The SMILES string of the molecule is Cc1ccc(C)n1N(Cc1ccc(Cl)c(Cl)c1)C(=O)c1ccc(Cl)c(Cl)c1. The van der Waals surface area contributed by atoms with Gasteiger partial charge in [-0.3, -0.25) is 9.47 Å². The summed E-state index contributed by atoms with van der Waals surface area (Å²) in [5.74, 6) is -0.206. The summed E-state index contributed by atoms with van der Waals surface area (Å²) in [7, 11) is 0. The van der Waals surface area contributed by atoms with Crippen molar-refractivity contribution < 1.29 is 4.79 Å². The maximum absolute atomic E-state index is 13.3. The average molecular weight is 442 g/mol. The van der Waals surface area contributed by atoms with Crippen LogP contribution >= 0.6 is 46.4 Å². The first kappa shape index (κ1) is 20.1. The van der Waals surface area contributed by atoms with E-state index in [4.69, 9.17) is 46.4 Å². The average Bonchev–Trinajstić information content (AvgIpc) is 2.96. The van der Waals surface area contributed by atoms with Gasteiger partial charge in [-0.15, -0.1) is 0 Å². The molecule has 0 fully saturated rings. The quantitative estimate of drug-likeness (QED) is 0.442. The van der Waals surface area contributed by atoms with Gasteiger partial charge in [-0.05, 0) is 61.9 Å². The van der Waals surface area contributed by atoms with Crippen LogP contribution in [0, 0.1) is 13.8 Å². The highest BCUT2D eigenvalue weighted by atomic mass is 35.5. The zero-order valence-electron chi connectivity index (χ0n) is 14.6. The molecule has 0 aliphatic heterocycles. The molecule has 0 N–H and O–H groups in total. The lowest BCUT2D eigenvalue weighted by molar-refractivity contribution is 0.0954. The van der Waals surface area contributed by atoms with Crippen molar-refractivity contribution in [2.24, 2.45) is 0 Å². The van der Waals surface area contributed by atoms with Gasteiger partial charge in [-0.25, -0.2) is 5.01 Å². The zero-order chi connectivity index (χ0) is 19.7. The molecule has 2 aromatic carbocycles. The maximum Gasteiger partial charge on any atom is 0.273 e. The second-order valence-electron chi connectivity index (χ2n) is 6.17. The number of carbonyl (C=O) groups is 1. The highest BCUT2D eigenvalue weighted by Crippen LogP contribution is 2.26. The summed E-state index contributed by atoms with van der Waals surface area (Å²) in [6.07, 6.45) is 0. The topological polar surface area (TPSA) is 25.2 Å². The minimum absolute atomic E-state index is 0.206. The van der Waals surface area contributed by atoms with Crippen molar-refractivity contribution in [2.75, 3.05) is 5.01 Å². The molecule has 7 heteroatoms. The Kier molecular flexibility index (Phi) is 6.07. The van der Waals surface area contributed by atoms with Gasteiger partial charge < -0.3 is 0 Å². The summed E-state index contributed by atoms with van der Waals surface area (Å²) in [5.41, 5.74) is 3.16. The molecule has 1 amide bonds. The van der Waals surface area contributed by atoms with Crippen LogP contribution in [0.2, 0.25) is 20.1 Å². The third-order valence-electron chi connectivity index (χ3n) is 4.19. The molecule has 0 radical (unpaired) electrons. The van der Waals surface area contributed by atoms with Gasteiger partial charge in [-0.1, -0.05) is 52.5 Å². The second-order valence-corrected chi connectivity index (χ2v) is 7.80. The Hall–Kier alpha value is -1.65. The molecule has 0 saturated heterocycles. The summed E-state index contributed by atoms with van der Waals surface area (Å²) >= 11 is 24.3. The van der Waals surface area contributed by atoms with E-state index in [1.165, 1.54) is 0 Å². The Bertz CT molecular complexity index is 994. The molecule has 3 aromatic rings. The Morgan fingerprint density at radius 1 is 0.815 bits per heavy atom. The molecule has 1 aromatic heterocycles. The van der Waals surface area contributed by atoms with Gasteiger partial charge in [-0.2, -0.15) is 0 Å². The highest BCUT2D eigenvalue weighted by molar-refractivity contribution is 6.42. The number of nitrogens with zero attached hydrogens (tertiary/aromatic N) is 2. The number of amides is 1. The number of hydrogen-bond donors (Lipinski definition) is 0. The van der Waals surface area contributed by atoms with Crippen LogP contribution in [0.4, 0.5) is 0 Å². The first-order chi connectivity index (χ1) is 12.8. The van der Waals surface area contributed by atoms with Crippen LogP contribution in [0.15, 0.2) is 48.5 Å². The summed E-state index contributed by atoms with van der Waals surface area (Å²) < 4.78 is 1.87. The van der Waals surface area contributed by atoms with Crippen LogP contribution < -0.4 is 5.01 Å². The van der Waals surface area contributed by atoms with Gasteiger partial charge in [0.15, 0.2) is 0 Å². The van der Waals surface area contributed by atoms with Crippen LogP contribution in [-0.4, -0.2) is 10.6 Å². The smallest absolute Gasteiger partial charge is 0.267 e. The molecule has 0 aliphatic carbocycles. The molecule has 140 valence electrons. The standard InChI is InChI=1S/C20H16Cl4N2O/c1-12-3-4-13(2)26(12)25(11-14-5-7-16(21)18(23)9-14)20(27)15-6-8-17(22)19(24)10-15/h3-10H,11H2,1-2H3. The van der Waals surface area contributed by atoms with Crippen molar-refractivity contribution in [3.63, 3.8) is 0 Å². The van der Waals surface area contributed by atoms with E-state index in [-0.39, 0.29) is 5.91 Å². The van der Waals surface area contributed by atoms with Gasteiger partial charge in [0.2, 0.25) is 0 Å². The van der Waals surface area contributed by atoms with E-state index < -0.39 is 0 Å². The largest absolute Gasteiger partial charge is 0.273 e. The number of carbonyl (C=O) groups excluding carboxylic acids is 1. The van der Waals surface area contributed by atoms with Gasteiger partial charge in [0.1, 0.15) is 0 Å². The first-order valence-electron chi connectivity index (χ1n) is 8.14. The summed E-state index contributed by atoms with van der Waals surface area (Å²) in [6, 6.07) is 14.1. The van der Waals surface area contributed by atoms with Crippen molar-refractivity contribution in [2.45, 2.75) is 20.4 Å². The van der Waals surface area contributed by atoms with Gasteiger partial charge >= 0.3 is 0 Å². The number of aromatic nitrogens is 1. The lowest BCUT2D eigenvalue weighted by Gasteiger charge is -2.27. The minimum atomic E-state index is -0.206. The number of benzene rings is 2. The van der Waals surface area contributed by atoms with E-state index >= 15 is 0 Å². The van der Waals surface area contributed by atoms with Crippen LogP contribution in [-0.2, 0) is 6.54 Å². The molecule has 0 unspecified atom stereocenters. The zero-order valence-corrected chi connectivity index (χ0v) is 17.7. The number of hydrogen-bond acceptors (Lipinski definition) is 1. The Morgan fingerprint density at radius 3 is 1.93 bits per heavy atom. The van der Waals surface area contributed by atoms with Crippen molar-refractivity contribution in [1.82, 2.24) is 4.68 Å². The van der Waals surface area contributed by atoms with E-state index in [9.17, 15) is 4.79 Å². The monoisotopic (exact) mass is 440 g/mol. The highest BCUT2D eigenvalue weighted by Gasteiger charge is 2.21. The van der Waals surface area contributed by atoms with E-state index in [1.807, 2.05) is 36.7 Å². The minimum Gasteiger partial charge on any atom is -0.267 e. The Balaban J connectivity index is 2.05. The van der Waals surface area contributed by atoms with Gasteiger partial charge in [0, 0.05) is 17.0 Å². The van der Waals surface area contributed by atoms with Crippen LogP contribution in [0.5, 0.6) is 0 Å². The lowest BCUT2D eigenvalue weighted by atomic mass is 10.2. The van der Waals surface area contributed by atoms with Crippen LogP contribution in [0.1, 0.15) is 27.3 Å². The molecule has 0 saturated carbocycles. The molecule has 0 aliphatic rings. The Labute approximate surface area is 178 Å². The van der Waals surface area contributed by atoms with E-state index in [1.54, 1.807) is 35.3 Å². The number of halogens is 4. The molecule has 0 atom stereocenters. The summed E-state index contributed by atoms with van der Waals surface area (Å²) in [6.45, 7) is 4.19. The molecular formula is C20H16Cl4N2O. The number of aryl methyl sites for hydroxylation is 2. The molecule has 0 bridgehead atoms. The van der Waals surface area contributed by atoms with Crippen LogP contribution in [0.3, 0.4) is 0 Å². The fourth-order valence-corrected chi connectivity index (χ4v) is 3.48. The lowest BCUT2D eigenvalue weighted by Crippen LogP contribution is -2.41. The molecule has 27 heavy (non-hydrogen) atoms. The van der Waals surface area contributed by atoms with Crippen molar-refractivity contribution in [3.8, 4) is 0 Å². The normalized spacial score (nSPS) is 10.9. The van der Waals surface area contributed by atoms with Gasteiger partial charge in [0.05, 0.1) is 26.6 Å². The van der Waals surface area contributed by atoms with E-state index in [0.717, 1.165) is 17.0 Å².